The first kappa shape index (κ1) is 16.9. The average molecular weight is 297 g/mol. The molecule has 1 aromatic rings. The second kappa shape index (κ2) is 8.93. The second-order valence-electron chi connectivity index (χ2n) is 4.51. The summed E-state index contributed by atoms with van der Waals surface area (Å²) in [7, 11) is 0. The van der Waals surface area contributed by atoms with Crippen LogP contribution in [-0.2, 0) is 9.59 Å². The highest BCUT2D eigenvalue weighted by Gasteiger charge is 2.19. The Kier molecular flexibility index (Phi) is 7.20. The third-order valence-electron chi connectivity index (χ3n) is 2.73. The van der Waals surface area contributed by atoms with Crippen LogP contribution >= 0.6 is 0 Å². The molecule has 7 nitrogen and oxygen atoms in total. The first-order chi connectivity index (χ1) is 9.99. The fourth-order valence-corrected chi connectivity index (χ4v) is 1.63. The van der Waals surface area contributed by atoms with Crippen LogP contribution in [0.2, 0.25) is 0 Å². The number of rotatable bonds is 10. The van der Waals surface area contributed by atoms with Crippen molar-refractivity contribution in [2.45, 2.75) is 25.0 Å². The lowest BCUT2D eigenvalue weighted by atomic mass is 10.1. The number of para-hydroxylation sites is 1. The van der Waals surface area contributed by atoms with Crippen LogP contribution in [0.5, 0.6) is 5.75 Å². The minimum atomic E-state index is -1.15. The molecule has 4 N–H and O–H groups in total. The van der Waals surface area contributed by atoms with E-state index in [2.05, 4.69) is 5.32 Å². The highest BCUT2D eigenvalue weighted by atomic mass is 16.5. The summed E-state index contributed by atoms with van der Waals surface area (Å²) in [5, 5.41) is 29.8. The van der Waals surface area contributed by atoms with Crippen molar-refractivity contribution in [3.63, 3.8) is 0 Å². The van der Waals surface area contributed by atoms with E-state index in [4.69, 9.17) is 14.9 Å². The monoisotopic (exact) mass is 297 g/mol. The average Bonchev–Trinajstić information content (AvgIpc) is 2.45. The number of carboxylic acids is 2. The Bertz CT molecular complexity index is 450. The van der Waals surface area contributed by atoms with Gasteiger partial charge < -0.3 is 25.4 Å². The van der Waals surface area contributed by atoms with Gasteiger partial charge in [-0.1, -0.05) is 18.2 Å². The molecule has 21 heavy (non-hydrogen) atoms. The number of aliphatic hydroxyl groups excluding tert-OH is 1. The zero-order chi connectivity index (χ0) is 15.7. The minimum absolute atomic E-state index is 0.00339. The standard InChI is InChI=1S/C14H19NO6/c16-10(9-21-11-4-2-1-3-5-11)8-15-12(14(19)20)6-7-13(17)18/h1-5,10,12,15-16H,6-9H2,(H,17,18)(H,19,20)/t10-,12+/m1/s1. The van der Waals surface area contributed by atoms with Gasteiger partial charge >= 0.3 is 11.9 Å². The van der Waals surface area contributed by atoms with Gasteiger partial charge in [0.15, 0.2) is 0 Å². The Balaban J connectivity index is 2.30. The summed E-state index contributed by atoms with van der Waals surface area (Å²) in [5.74, 6) is -1.60. The van der Waals surface area contributed by atoms with Gasteiger partial charge in [0.1, 0.15) is 24.5 Å². The predicted molar refractivity (Wildman–Crippen MR) is 74.2 cm³/mol. The van der Waals surface area contributed by atoms with Crippen LogP contribution < -0.4 is 10.1 Å². The number of hydrogen-bond acceptors (Lipinski definition) is 5. The second-order valence-corrected chi connectivity index (χ2v) is 4.51. The minimum Gasteiger partial charge on any atom is -0.491 e. The summed E-state index contributed by atoms with van der Waals surface area (Å²) in [6, 6.07) is 7.91. The fourth-order valence-electron chi connectivity index (χ4n) is 1.63. The quantitative estimate of drug-likeness (QED) is 0.492. The highest BCUT2D eigenvalue weighted by molar-refractivity contribution is 5.75. The van der Waals surface area contributed by atoms with E-state index in [0.29, 0.717) is 5.75 Å². The third kappa shape index (κ3) is 7.28. The molecule has 0 aliphatic carbocycles. The Hall–Kier alpha value is -2.12. The number of aliphatic hydroxyl groups is 1. The Morgan fingerprint density at radius 3 is 2.43 bits per heavy atom. The lowest BCUT2D eigenvalue weighted by Gasteiger charge is -2.17. The SMILES string of the molecule is O=C(O)CC[C@H](NC[C@@H](O)COc1ccccc1)C(=O)O. The van der Waals surface area contributed by atoms with Crippen molar-refractivity contribution in [3.8, 4) is 5.75 Å². The summed E-state index contributed by atoms with van der Waals surface area (Å²) in [5.41, 5.74) is 0. The Labute approximate surface area is 122 Å². The normalized spacial score (nSPS) is 13.4. The first-order valence-corrected chi connectivity index (χ1v) is 6.53. The summed E-state index contributed by atoms with van der Waals surface area (Å²) in [4.78, 5) is 21.4. The van der Waals surface area contributed by atoms with Crippen molar-refractivity contribution in [1.29, 1.82) is 0 Å². The first-order valence-electron chi connectivity index (χ1n) is 6.53. The molecule has 0 saturated carbocycles. The van der Waals surface area contributed by atoms with Crippen LogP contribution in [0.3, 0.4) is 0 Å². The molecule has 1 aromatic carbocycles. The third-order valence-corrected chi connectivity index (χ3v) is 2.73. The summed E-state index contributed by atoms with van der Waals surface area (Å²) < 4.78 is 5.33. The van der Waals surface area contributed by atoms with E-state index >= 15 is 0 Å². The van der Waals surface area contributed by atoms with E-state index in [1.165, 1.54) is 0 Å². The molecule has 0 unspecified atom stereocenters. The van der Waals surface area contributed by atoms with Crippen LogP contribution in [0.1, 0.15) is 12.8 Å². The zero-order valence-electron chi connectivity index (χ0n) is 11.4. The lowest BCUT2D eigenvalue weighted by Crippen LogP contribution is -2.42. The van der Waals surface area contributed by atoms with Crippen molar-refractivity contribution in [1.82, 2.24) is 5.32 Å². The molecule has 0 aliphatic rings. The van der Waals surface area contributed by atoms with Gasteiger partial charge in [-0.2, -0.15) is 0 Å². The smallest absolute Gasteiger partial charge is 0.320 e. The van der Waals surface area contributed by atoms with Crippen LogP contribution in [0.4, 0.5) is 0 Å². The van der Waals surface area contributed by atoms with E-state index in [0.717, 1.165) is 0 Å². The summed E-state index contributed by atoms with van der Waals surface area (Å²) >= 11 is 0. The van der Waals surface area contributed by atoms with E-state index < -0.39 is 24.1 Å². The molecule has 0 aliphatic heterocycles. The number of nitrogens with one attached hydrogen (secondary N) is 1. The fraction of sp³-hybridized carbons (Fsp3) is 0.429. The molecule has 0 heterocycles. The number of hydrogen-bond donors (Lipinski definition) is 4. The molecule has 0 radical (unpaired) electrons. The van der Waals surface area contributed by atoms with Gasteiger partial charge in [0.05, 0.1) is 0 Å². The molecule has 2 atom stereocenters. The van der Waals surface area contributed by atoms with Gasteiger partial charge in [-0.3, -0.25) is 9.59 Å². The number of aliphatic carboxylic acids is 2. The molecule has 0 spiro atoms. The molecule has 0 amide bonds. The van der Waals surface area contributed by atoms with Crippen LogP contribution in [0, 0.1) is 0 Å². The molecule has 116 valence electrons. The molecule has 0 fully saturated rings. The van der Waals surface area contributed by atoms with Crippen molar-refractivity contribution in [2.75, 3.05) is 13.2 Å². The van der Waals surface area contributed by atoms with Gasteiger partial charge in [-0.25, -0.2) is 0 Å². The number of ether oxygens (including phenoxy) is 1. The van der Waals surface area contributed by atoms with E-state index in [1.807, 2.05) is 6.07 Å². The highest BCUT2D eigenvalue weighted by Crippen LogP contribution is 2.08. The maximum atomic E-state index is 10.9. The van der Waals surface area contributed by atoms with Crippen LogP contribution in [-0.4, -0.2) is 52.6 Å². The number of benzene rings is 1. The van der Waals surface area contributed by atoms with Gasteiger partial charge in [-0.15, -0.1) is 0 Å². The van der Waals surface area contributed by atoms with Crippen LogP contribution in [0.25, 0.3) is 0 Å². The van der Waals surface area contributed by atoms with E-state index in [1.54, 1.807) is 24.3 Å². The molecular weight excluding hydrogens is 278 g/mol. The summed E-state index contributed by atoms with van der Waals surface area (Å²) in [6.45, 7) is 0.0195. The van der Waals surface area contributed by atoms with Crippen molar-refractivity contribution in [2.24, 2.45) is 0 Å². The maximum Gasteiger partial charge on any atom is 0.320 e. The van der Waals surface area contributed by atoms with Crippen LogP contribution in [0.15, 0.2) is 30.3 Å². The lowest BCUT2D eigenvalue weighted by molar-refractivity contribution is -0.140. The van der Waals surface area contributed by atoms with Gasteiger partial charge in [0.2, 0.25) is 0 Å². The van der Waals surface area contributed by atoms with Gasteiger partial charge in [0.25, 0.3) is 0 Å². The van der Waals surface area contributed by atoms with Crippen molar-refractivity contribution < 1.29 is 29.6 Å². The van der Waals surface area contributed by atoms with Gasteiger partial charge in [-0.05, 0) is 18.6 Å². The molecule has 0 bridgehead atoms. The summed E-state index contributed by atoms with van der Waals surface area (Å²) in [6.07, 6.45) is -1.19. The maximum absolute atomic E-state index is 10.9. The molecular formula is C14H19NO6. The number of carboxylic acid groups (broad SMARTS) is 2. The largest absolute Gasteiger partial charge is 0.491 e. The zero-order valence-corrected chi connectivity index (χ0v) is 11.4. The molecule has 0 saturated heterocycles. The Morgan fingerprint density at radius 2 is 1.86 bits per heavy atom. The van der Waals surface area contributed by atoms with E-state index in [-0.39, 0.29) is 26.0 Å². The topological polar surface area (TPSA) is 116 Å². The molecule has 0 aromatic heterocycles. The van der Waals surface area contributed by atoms with Gasteiger partial charge in [0, 0.05) is 13.0 Å². The predicted octanol–water partition coefficient (Wildman–Crippen LogP) is 0.334. The van der Waals surface area contributed by atoms with Crippen molar-refractivity contribution in [3.05, 3.63) is 30.3 Å². The molecule has 1 rings (SSSR count). The number of carbonyl (C=O) groups is 2. The molecule has 7 heteroatoms. The van der Waals surface area contributed by atoms with Crippen molar-refractivity contribution >= 4 is 11.9 Å². The van der Waals surface area contributed by atoms with E-state index in [9.17, 15) is 14.7 Å². The Morgan fingerprint density at radius 1 is 1.19 bits per heavy atom.